The van der Waals surface area contributed by atoms with E-state index in [1.54, 1.807) is 0 Å². The van der Waals surface area contributed by atoms with Crippen molar-refractivity contribution in [3.8, 4) is 0 Å². The molecule has 2 fully saturated rings. The standard InChI is InChI=1S/C15H30N2O/c1-3-10-17(11-13-7-8-13)15(12-16)9-5-4-6-14(15)18-2/h13-14H,3-12,16H2,1-2H3. The van der Waals surface area contributed by atoms with E-state index in [0.717, 1.165) is 12.5 Å². The van der Waals surface area contributed by atoms with E-state index in [0.29, 0.717) is 6.10 Å². The minimum atomic E-state index is 0.117. The molecule has 3 heteroatoms. The molecule has 0 bridgehead atoms. The smallest absolute Gasteiger partial charge is 0.0767 e. The van der Waals surface area contributed by atoms with Gasteiger partial charge in [-0.15, -0.1) is 0 Å². The van der Waals surface area contributed by atoms with Gasteiger partial charge in [-0.3, -0.25) is 4.90 Å². The molecule has 2 aliphatic carbocycles. The molecule has 2 aliphatic rings. The maximum absolute atomic E-state index is 6.21. The van der Waals surface area contributed by atoms with E-state index in [4.69, 9.17) is 10.5 Å². The Hall–Kier alpha value is -0.120. The first kappa shape index (κ1) is 14.3. The molecule has 106 valence electrons. The largest absolute Gasteiger partial charge is 0.379 e. The Morgan fingerprint density at radius 1 is 1.28 bits per heavy atom. The Kier molecular flexibility index (Phi) is 5.05. The summed E-state index contributed by atoms with van der Waals surface area (Å²) in [6.45, 7) is 5.44. The third-order valence-electron chi connectivity index (χ3n) is 4.86. The fourth-order valence-corrected chi connectivity index (χ4v) is 3.63. The molecule has 0 aromatic rings. The van der Waals surface area contributed by atoms with Crippen LogP contribution in [-0.2, 0) is 4.74 Å². The van der Waals surface area contributed by atoms with E-state index in [1.807, 2.05) is 7.11 Å². The zero-order valence-corrected chi connectivity index (χ0v) is 12.2. The van der Waals surface area contributed by atoms with Gasteiger partial charge in [0, 0.05) is 20.2 Å². The Morgan fingerprint density at radius 3 is 2.61 bits per heavy atom. The van der Waals surface area contributed by atoms with Crippen molar-refractivity contribution in [1.82, 2.24) is 4.90 Å². The third kappa shape index (κ3) is 2.89. The van der Waals surface area contributed by atoms with Crippen LogP contribution < -0.4 is 5.73 Å². The first-order valence-corrected chi connectivity index (χ1v) is 7.74. The van der Waals surface area contributed by atoms with Crippen molar-refractivity contribution >= 4 is 0 Å². The molecule has 2 atom stereocenters. The second-order valence-corrected chi connectivity index (χ2v) is 6.17. The molecule has 2 N–H and O–H groups in total. The minimum Gasteiger partial charge on any atom is -0.379 e. The normalized spacial score (nSPS) is 33.0. The van der Waals surface area contributed by atoms with Crippen LogP contribution in [0, 0.1) is 5.92 Å². The molecule has 0 heterocycles. The van der Waals surface area contributed by atoms with Gasteiger partial charge in [-0.2, -0.15) is 0 Å². The van der Waals surface area contributed by atoms with Crippen molar-refractivity contribution in [1.29, 1.82) is 0 Å². The number of rotatable bonds is 7. The Morgan fingerprint density at radius 2 is 2.06 bits per heavy atom. The lowest BCUT2D eigenvalue weighted by Crippen LogP contribution is -2.63. The molecule has 2 rings (SSSR count). The minimum absolute atomic E-state index is 0.117. The van der Waals surface area contributed by atoms with Crippen molar-refractivity contribution < 1.29 is 4.74 Å². The van der Waals surface area contributed by atoms with Gasteiger partial charge in [0.05, 0.1) is 11.6 Å². The third-order valence-corrected chi connectivity index (χ3v) is 4.86. The molecule has 18 heavy (non-hydrogen) atoms. The molecule has 0 radical (unpaired) electrons. The summed E-state index contributed by atoms with van der Waals surface area (Å²) in [5.41, 5.74) is 6.33. The predicted octanol–water partition coefficient (Wildman–Crippen LogP) is 2.39. The fourth-order valence-electron chi connectivity index (χ4n) is 3.63. The number of ether oxygens (including phenoxy) is 1. The highest BCUT2D eigenvalue weighted by Crippen LogP contribution is 2.38. The van der Waals surface area contributed by atoms with Crippen LogP contribution in [0.3, 0.4) is 0 Å². The van der Waals surface area contributed by atoms with Crippen molar-refractivity contribution in [3.05, 3.63) is 0 Å². The van der Waals surface area contributed by atoms with Crippen LogP contribution in [0.15, 0.2) is 0 Å². The summed E-state index contributed by atoms with van der Waals surface area (Å²) in [5.74, 6) is 0.930. The molecule has 0 aliphatic heterocycles. The number of nitrogens with zero attached hydrogens (tertiary/aromatic N) is 1. The lowest BCUT2D eigenvalue weighted by atomic mass is 9.77. The molecule has 0 amide bonds. The van der Waals surface area contributed by atoms with E-state index >= 15 is 0 Å². The molecular weight excluding hydrogens is 224 g/mol. The topological polar surface area (TPSA) is 38.5 Å². The van der Waals surface area contributed by atoms with E-state index in [-0.39, 0.29) is 5.54 Å². The van der Waals surface area contributed by atoms with Crippen molar-refractivity contribution in [2.24, 2.45) is 11.7 Å². The summed E-state index contributed by atoms with van der Waals surface area (Å²) in [6.07, 6.45) is 9.38. The van der Waals surface area contributed by atoms with Crippen LogP contribution in [0.5, 0.6) is 0 Å². The van der Waals surface area contributed by atoms with E-state index < -0.39 is 0 Å². The molecule has 0 spiro atoms. The number of nitrogens with two attached hydrogens (primary N) is 1. The second kappa shape index (κ2) is 6.36. The Bertz CT molecular complexity index is 255. The summed E-state index contributed by atoms with van der Waals surface area (Å²) in [6, 6.07) is 0. The summed E-state index contributed by atoms with van der Waals surface area (Å²) < 4.78 is 5.81. The van der Waals surface area contributed by atoms with Gasteiger partial charge in [0.2, 0.25) is 0 Å². The summed E-state index contributed by atoms with van der Waals surface area (Å²) in [4.78, 5) is 2.68. The highest BCUT2D eigenvalue weighted by molar-refractivity contribution is 5.02. The Balaban J connectivity index is 2.13. The summed E-state index contributed by atoms with van der Waals surface area (Å²) >= 11 is 0. The van der Waals surface area contributed by atoms with Crippen molar-refractivity contribution in [2.75, 3.05) is 26.7 Å². The average molecular weight is 254 g/mol. The van der Waals surface area contributed by atoms with Gasteiger partial charge < -0.3 is 10.5 Å². The van der Waals surface area contributed by atoms with Gasteiger partial charge >= 0.3 is 0 Å². The molecule has 0 aromatic heterocycles. The van der Waals surface area contributed by atoms with Gasteiger partial charge in [-0.25, -0.2) is 0 Å². The van der Waals surface area contributed by atoms with E-state index in [9.17, 15) is 0 Å². The lowest BCUT2D eigenvalue weighted by molar-refractivity contribution is -0.0771. The maximum atomic E-state index is 6.21. The van der Waals surface area contributed by atoms with Crippen LogP contribution in [0.25, 0.3) is 0 Å². The van der Waals surface area contributed by atoms with Crippen LogP contribution in [0.4, 0.5) is 0 Å². The van der Waals surface area contributed by atoms with Crippen LogP contribution in [-0.4, -0.2) is 43.3 Å². The first-order chi connectivity index (χ1) is 8.76. The average Bonchev–Trinajstić information content (AvgIpc) is 3.22. The summed E-state index contributed by atoms with van der Waals surface area (Å²) in [5, 5.41) is 0. The highest BCUT2D eigenvalue weighted by Gasteiger charge is 2.45. The van der Waals surface area contributed by atoms with Crippen LogP contribution >= 0.6 is 0 Å². The maximum Gasteiger partial charge on any atom is 0.0767 e. The van der Waals surface area contributed by atoms with Crippen LogP contribution in [0.1, 0.15) is 51.9 Å². The monoisotopic (exact) mass is 254 g/mol. The van der Waals surface area contributed by atoms with Gasteiger partial charge in [0.1, 0.15) is 0 Å². The second-order valence-electron chi connectivity index (χ2n) is 6.17. The summed E-state index contributed by atoms with van der Waals surface area (Å²) in [7, 11) is 1.86. The van der Waals surface area contributed by atoms with Crippen molar-refractivity contribution in [2.45, 2.75) is 63.5 Å². The SMILES string of the molecule is CCCN(CC1CC1)C1(CN)CCCCC1OC. The van der Waals surface area contributed by atoms with Crippen molar-refractivity contribution in [3.63, 3.8) is 0 Å². The Labute approximate surface area is 112 Å². The van der Waals surface area contributed by atoms with Gasteiger partial charge in [-0.1, -0.05) is 19.8 Å². The molecule has 0 saturated heterocycles. The molecular formula is C15H30N2O. The van der Waals surface area contributed by atoms with E-state index in [2.05, 4.69) is 11.8 Å². The quantitative estimate of drug-likeness (QED) is 0.758. The molecule has 3 nitrogen and oxygen atoms in total. The number of hydrogen-bond acceptors (Lipinski definition) is 3. The van der Waals surface area contributed by atoms with Crippen LogP contribution in [0.2, 0.25) is 0 Å². The zero-order chi connectivity index (χ0) is 13.0. The number of methoxy groups -OCH3 is 1. The molecule has 0 aromatic carbocycles. The molecule has 2 unspecified atom stereocenters. The lowest BCUT2D eigenvalue weighted by Gasteiger charge is -2.50. The fraction of sp³-hybridized carbons (Fsp3) is 1.00. The molecule has 2 saturated carbocycles. The van der Waals surface area contributed by atoms with Gasteiger partial charge in [-0.05, 0) is 44.6 Å². The number of hydrogen-bond donors (Lipinski definition) is 1. The van der Waals surface area contributed by atoms with Gasteiger partial charge in [0.25, 0.3) is 0 Å². The van der Waals surface area contributed by atoms with Gasteiger partial charge in [0.15, 0.2) is 0 Å². The zero-order valence-electron chi connectivity index (χ0n) is 12.2. The highest BCUT2D eigenvalue weighted by atomic mass is 16.5. The predicted molar refractivity (Wildman–Crippen MR) is 75.6 cm³/mol. The first-order valence-electron chi connectivity index (χ1n) is 7.74. The van der Waals surface area contributed by atoms with E-state index in [1.165, 1.54) is 58.0 Å².